The lowest BCUT2D eigenvalue weighted by atomic mass is 10.0. The summed E-state index contributed by atoms with van der Waals surface area (Å²) in [7, 11) is 0.896. The molecule has 1 atom stereocenters. The van der Waals surface area contributed by atoms with Crippen molar-refractivity contribution in [3.63, 3.8) is 0 Å². The van der Waals surface area contributed by atoms with E-state index in [0.717, 1.165) is 41.5 Å². The van der Waals surface area contributed by atoms with Gasteiger partial charge in [0.25, 0.3) is 0 Å². The smallest absolute Gasteiger partial charge is 0.207 e. The van der Waals surface area contributed by atoms with E-state index in [1.165, 1.54) is 30.8 Å². The summed E-state index contributed by atoms with van der Waals surface area (Å²) < 4.78 is 22.0. The zero-order valence-corrected chi connectivity index (χ0v) is 16.2. The summed E-state index contributed by atoms with van der Waals surface area (Å²) in [5, 5.41) is 4.45. The Kier molecular flexibility index (Phi) is 6.95. The van der Waals surface area contributed by atoms with Gasteiger partial charge in [0.2, 0.25) is 5.13 Å². The SMILES string of the molecule is COCCc1nsc(Nc2cccc(CS(=O)C3CCCCC3)c2)n1. The molecule has 1 saturated carbocycles. The van der Waals surface area contributed by atoms with Gasteiger partial charge in [0.15, 0.2) is 0 Å². The van der Waals surface area contributed by atoms with Gasteiger partial charge < -0.3 is 10.1 Å². The van der Waals surface area contributed by atoms with Gasteiger partial charge in [-0.15, -0.1) is 0 Å². The van der Waals surface area contributed by atoms with Crippen molar-refractivity contribution in [2.75, 3.05) is 19.0 Å². The van der Waals surface area contributed by atoms with Gasteiger partial charge in [0.05, 0.1) is 6.61 Å². The van der Waals surface area contributed by atoms with Crippen LogP contribution >= 0.6 is 11.5 Å². The lowest BCUT2D eigenvalue weighted by molar-refractivity contribution is 0.201. The third kappa shape index (κ3) is 5.59. The maximum Gasteiger partial charge on any atom is 0.207 e. The fourth-order valence-corrected chi connectivity index (χ4v) is 5.31. The lowest BCUT2D eigenvalue weighted by Gasteiger charge is -2.21. The molecule has 0 radical (unpaired) electrons. The minimum absolute atomic E-state index is 0.372. The third-order valence-electron chi connectivity index (χ3n) is 4.41. The van der Waals surface area contributed by atoms with Gasteiger partial charge in [-0.2, -0.15) is 4.37 Å². The van der Waals surface area contributed by atoms with Crippen LogP contribution in [-0.4, -0.2) is 32.5 Å². The highest BCUT2D eigenvalue weighted by atomic mass is 32.2. The first-order valence-electron chi connectivity index (χ1n) is 8.79. The van der Waals surface area contributed by atoms with Crippen LogP contribution in [0.2, 0.25) is 0 Å². The van der Waals surface area contributed by atoms with Gasteiger partial charge in [0.1, 0.15) is 5.82 Å². The molecule has 136 valence electrons. The van der Waals surface area contributed by atoms with E-state index >= 15 is 0 Å². The molecular weight excluding hydrogens is 354 g/mol. The van der Waals surface area contributed by atoms with Gasteiger partial charge in [-0.1, -0.05) is 31.4 Å². The Bertz CT molecular complexity index is 699. The van der Waals surface area contributed by atoms with Crippen LogP contribution in [0.4, 0.5) is 10.8 Å². The highest BCUT2D eigenvalue weighted by Crippen LogP contribution is 2.25. The summed E-state index contributed by atoms with van der Waals surface area (Å²) in [6.45, 7) is 0.624. The van der Waals surface area contributed by atoms with Gasteiger partial charge in [-0.05, 0) is 30.5 Å². The van der Waals surface area contributed by atoms with Crippen molar-refractivity contribution >= 4 is 33.2 Å². The number of methoxy groups -OCH3 is 1. The molecule has 0 aliphatic heterocycles. The van der Waals surface area contributed by atoms with E-state index in [4.69, 9.17) is 4.74 Å². The Hall–Kier alpha value is -1.31. The van der Waals surface area contributed by atoms with Crippen molar-refractivity contribution in [3.8, 4) is 0 Å². The zero-order chi connectivity index (χ0) is 17.5. The first-order chi connectivity index (χ1) is 12.2. The number of anilines is 2. The molecule has 0 amide bonds. The molecule has 2 aromatic rings. The van der Waals surface area contributed by atoms with E-state index in [-0.39, 0.29) is 0 Å². The number of aromatic nitrogens is 2. The lowest BCUT2D eigenvalue weighted by Crippen LogP contribution is -2.19. The standard InChI is InChI=1S/C18H25N3O2S2/c1-23-11-10-17-20-18(24-21-17)19-15-7-5-6-14(12-15)13-25(22)16-8-3-2-4-9-16/h5-7,12,16H,2-4,8-11,13H2,1H3,(H,19,20,21). The van der Waals surface area contributed by atoms with Crippen LogP contribution in [0.3, 0.4) is 0 Å². The van der Waals surface area contributed by atoms with Crippen molar-refractivity contribution in [1.82, 2.24) is 9.36 Å². The van der Waals surface area contributed by atoms with Crippen LogP contribution in [0.15, 0.2) is 24.3 Å². The molecule has 1 N–H and O–H groups in total. The maximum atomic E-state index is 12.6. The van der Waals surface area contributed by atoms with Gasteiger partial charge in [0, 0.05) is 52.6 Å². The molecule has 1 aromatic carbocycles. The van der Waals surface area contributed by atoms with E-state index in [0.29, 0.717) is 17.6 Å². The molecule has 1 fully saturated rings. The summed E-state index contributed by atoms with van der Waals surface area (Å²) in [5.74, 6) is 1.43. The van der Waals surface area contributed by atoms with E-state index in [2.05, 4.69) is 26.8 Å². The molecule has 1 aliphatic rings. The molecule has 1 aromatic heterocycles. The molecule has 7 heteroatoms. The minimum Gasteiger partial charge on any atom is -0.384 e. The number of hydrogen-bond donors (Lipinski definition) is 1. The molecule has 1 heterocycles. The Morgan fingerprint density at radius 3 is 2.96 bits per heavy atom. The van der Waals surface area contributed by atoms with Crippen molar-refractivity contribution in [2.45, 2.75) is 49.5 Å². The first-order valence-corrected chi connectivity index (χ1v) is 10.9. The van der Waals surface area contributed by atoms with Crippen molar-refractivity contribution in [1.29, 1.82) is 0 Å². The minimum atomic E-state index is -0.779. The molecule has 0 saturated heterocycles. The molecular formula is C18H25N3O2S2. The number of nitrogens with zero attached hydrogens (tertiary/aromatic N) is 2. The van der Waals surface area contributed by atoms with Crippen molar-refractivity contribution in [3.05, 3.63) is 35.7 Å². The fourth-order valence-electron chi connectivity index (χ4n) is 3.07. The second-order valence-corrected chi connectivity index (χ2v) is 8.84. The number of ether oxygens (including phenoxy) is 1. The average molecular weight is 380 g/mol. The van der Waals surface area contributed by atoms with Crippen LogP contribution in [-0.2, 0) is 27.7 Å². The molecule has 25 heavy (non-hydrogen) atoms. The quantitative estimate of drug-likeness (QED) is 0.749. The topological polar surface area (TPSA) is 64.1 Å². The van der Waals surface area contributed by atoms with Gasteiger partial charge in [-0.25, -0.2) is 4.98 Å². The van der Waals surface area contributed by atoms with Gasteiger partial charge >= 0.3 is 0 Å². The number of rotatable bonds is 8. The summed E-state index contributed by atoms with van der Waals surface area (Å²) >= 11 is 1.35. The van der Waals surface area contributed by atoms with E-state index in [1.54, 1.807) is 7.11 Å². The molecule has 5 nitrogen and oxygen atoms in total. The second kappa shape index (κ2) is 9.40. The van der Waals surface area contributed by atoms with Crippen LogP contribution in [0.1, 0.15) is 43.5 Å². The Balaban J connectivity index is 1.59. The van der Waals surface area contributed by atoms with E-state index < -0.39 is 10.8 Å². The van der Waals surface area contributed by atoms with Crippen molar-refractivity contribution in [2.24, 2.45) is 0 Å². The second-order valence-electron chi connectivity index (χ2n) is 6.37. The monoisotopic (exact) mass is 379 g/mol. The fraction of sp³-hybridized carbons (Fsp3) is 0.556. The summed E-state index contributed by atoms with van der Waals surface area (Å²) in [4.78, 5) is 4.46. The molecule has 1 aliphatic carbocycles. The zero-order valence-electron chi connectivity index (χ0n) is 14.6. The summed E-state index contributed by atoms with van der Waals surface area (Å²) in [6.07, 6.45) is 6.68. The maximum absolute atomic E-state index is 12.6. The molecule has 0 spiro atoms. The number of benzene rings is 1. The van der Waals surface area contributed by atoms with Crippen LogP contribution < -0.4 is 5.32 Å². The average Bonchev–Trinajstić information content (AvgIpc) is 3.08. The van der Waals surface area contributed by atoms with Crippen molar-refractivity contribution < 1.29 is 8.95 Å². The van der Waals surface area contributed by atoms with E-state index in [9.17, 15) is 4.21 Å². The van der Waals surface area contributed by atoms with Crippen LogP contribution in [0, 0.1) is 0 Å². The predicted octanol–water partition coefficient (Wildman–Crippen LogP) is 4.05. The summed E-state index contributed by atoms with van der Waals surface area (Å²) in [6, 6.07) is 8.12. The number of hydrogen-bond acceptors (Lipinski definition) is 6. The third-order valence-corrected chi connectivity index (χ3v) is 6.91. The van der Waals surface area contributed by atoms with E-state index in [1.807, 2.05) is 12.1 Å². The summed E-state index contributed by atoms with van der Waals surface area (Å²) in [5.41, 5.74) is 2.07. The largest absolute Gasteiger partial charge is 0.384 e. The normalized spacial score (nSPS) is 16.7. The molecule has 3 rings (SSSR count). The Morgan fingerprint density at radius 2 is 2.16 bits per heavy atom. The van der Waals surface area contributed by atoms with Gasteiger partial charge in [-0.3, -0.25) is 4.21 Å². The Morgan fingerprint density at radius 1 is 1.32 bits per heavy atom. The molecule has 1 unspecified atom stereocenters. The van der Waals surface area contributed by atoms with Crippen LogP contribution in [0.5, 0.6) is 0 Å². The Labute approximate surface area is 155 Å². The highest BCUT2D eigenvalue weighted by Gasteiger charge is 2.19. The molecule has 0 bridgehead atoms. The predicted molar refractivity (Wildman–Crippen MR) is 104 cm³/mol. The van der Waals surface area contributed by atoms with Crippen LogP contribution in [0.25, 0.3) is 0 Å². The highest BCUT2D eigenvalue weighted by molar-refractivity contribution is 7.84. The first kappa shape index (κ1) is 18.5. The number of nitrogens with one attached hydrogen (secondary N) is 1.